The van der Waals surface area contributed by atoms with E-state index in [0.29, 0.717) is 12.5 Å². The first-order chi connectivity index (χ1) is 10.3. The summed E-state index contributed by atoms with van der Waals surface area (Å²) in [7, 11) is 2.47. The van der Waals surface area contributed by atoms with Crippen molar-refractivity contribution < 1.29 is 8.42 Å². The maximum atomic E-state index is 11.5. The summed E-state index contributed by atoms with van der Waals surface area (Å²) >= 11 is 0. The summed E-state index contributed by atoms with van der Waals surface area (Å²) in [5, 5.41) is 0. The van der Waals surface area contributed by atoms with E-state index in [4.69, 9.17) is 0 Å². The zero-order chi connectivity index (χ0) is 16.3. The van der Waals surface area contributed by atoms with Crippen LogP contribution in [0.4, 0.5) is 11.8 Å². The Morgan fingerprint density at radius 1 is 1.27 bits per heavy atom. The third-order valence-electron chi connectivity index (χ3n) is 4.07. The minimum absolute atomic E-state index is 0.396. The number of hydrogen-bond acceptors (Lipinski definition) is 6. The van der Waals surface area contributed by atoms with Crippen molar-refractivity contribution >= 4 is 21.8 Å². The summed E-state index contributed by atoms with van der Waals surface area (Å²) in [6.07, 6.45) is 4.94. The highest BCUT2D eigenvalue weighted by Crippen LogP contribution is 2.22. The van der Waals surface area contributed by atoms with Crippen molar-refractivity contribution in [2.45, 2.75) is 12.8 Å². The van der Waals surface area contributed by atoms with Crippen LogP contribution in [0.15, 0.2) is 12.3 Å². The first-order valence-electron chi connectivity index (χ1n) is 7.44. The normalized spacial score (nSPS) is 17.0. The maximum Gasteiger partial charge on any atom is 0.227 e. The molecule has 0 aliphatic carbocycles. The molecule has 0 N–H and O–H groups in total. The lowest BCUT2D eigenvalue weighted by Crippen LogP contribution is -2.39. The van der Waals surface area contributed by atoms with E-state index in [1.165, 1.54) is 10.6 Å². The Balaban J connectivity index is 1.93. The molecule has 0 bridgehead atoms. The lowest BCUT2D eigenvalue weighted by atomic mass is 9.97. The summed E-state index contributed by atoms with van der Waals surface area (Å²) in [5.74, 6) is 2.04. The van der Waals surface area contributed by atoms with Gasteiger partial charge in [-0.05, 0) is 24.8 Å². The Morgan fingerprint density at radius 2 is 1.91 bits per heavy atom. The molecule has 0 radical (unpaired) electrons. The number of aromatic nitrogens is 2. The molecule has 8 heteroatoms. The van der Waals surface area contributed by atoms with Crippen LogP contribution in [0.2, 0.25) is 0 Å². The molecule has 1 aliphatic rings. The van der Waals surface area contributed by atoms with Crippen LogP contribution >= 0.6 is 0 Å². The van der Waals surface area contributed by atoms with Crippen molar-refractivity contribution in [1.82, 2.24) is 14.3 Å². The van der Waals surface area contributed by atoms with Crippen LogP contribution in [0.3, 0.4) is 0 Å². The van der Waals surface area contributed by atoms with Crippen molar-refractivity contribution in [2.24, 2.45) is 5.92 Å². The predicted molar refractivity (Wildman–Crippen MR) is 88.8 cm³/mol. The molecule has 7 nitrogen and oxygen atoms in total. The smallest absolute Gasteiger partial charge is 0.227 e. The Morgan fingerprint density at radius 3 is 2.45 bits per heavy atom. The Labute approximate surface area is 133 Å². The summed E-state index contributed by atoms with van der Waals surface area (Å²) in [6.45, 7) is 2.31. The molecular weight excluding hydrogens is 302 g/mol. The third kappa shape index (κ3) is 4.30. The average Bonchev–Trinajstić information content (AvgIpc) is 2.47. The third-order valence-corrected chi connectivity index (χ3v) is 5.35. The molecule has 22 heavy (non-hydrogen) atoms. The number of piperidine rings is 1. The van der Waals surface area contributed by atoms with Gasteiger partial charge in [0, 0.05) is 47.0 Å². The first-order valence-corrected chi connectivity index (χ1v) is 9.29. The highest BCUT2D eigenvalue weighted by atomic mass is 32.2. The molecule has 0 amide bonds. The summed E-state index contributed by atoms with van der Waals surface area (Å²) < 4.78 is 24.4. The number of nitrogens with zero attached hydrogens (tertiary/aromatic N) is 5. The number of rotatable bonds is 5. The highest BCUT2D eigenvalue weighted by Gasteiger charge is 2.24. The molecule has 0 atom stereocenters. The Hall–Kier alpha value is -1.41. The van der Waals surface area contributed by atoms with Gasteiger partial charge in [-0.15, -0.1) is 0 Å². The van der Waals surface area contributed by atoms with E-state index in [2.05, 4.69) is 14.9 Å². The van der Waals surface area contributed by atoms with Gasteiger partial charge in [-0.2, -0.15) is 4.98 Å². The van der Waals surface area contributed by atoms with Gasteiger partial charge in [-0.25, -0.2) is 17.7 Å². The van der Waals surface area contributed by atoms with Gasteiger partial charge in [0.15, 0.2) is 0 Å². The summed E-state index contributed by atoms with van der Waals surface area (Å²) in [6, 6.07) is 1.89. The molecule has 1 saturated heterocycles. The van der Waals surface area contributed by atoms with Crippen molar-refractivity contribution in [2.75, 3.05) is 56.8 Å². The summed E-state index contributed by atoms with van der Waals surface area (Å²) in [4.78, 5) is 13.0. The second-order valence-electron chi connectivity index (χ2n) is 6.08. The molecule has 1 aromatic heterocycles. The molecule has 124 valence electrons. The van der Waals surface area contributed by atoms with E-state index >= 15 is 0 Å². The van der Waals surface area contributed by atoms with Crippen LogP contribution in [0, 0.1) is 5.92 Å². The van der Waals surface area contributed by atoms with Crippen LogP contribution < -0.4 is 9.80 Å². The first kappa shape index (κ1) is 17.0. The van der Waals surface area contributed by atoms with Crippen LogP contribution in [0.25, 0.3) is 0 Å². The molecule has 0 spiro atoms. The Bertz CT molecular complexity index is 597. The standard InChI is InChI=1S/C14H25N5O2S/c1-17(2)13-5-8-15-14(16-13)19-9-6-12(7-10-19)11-18(3)22(4,20)21/h5,8,12H,6-7,9-11H2,1-4H3. The maximum absolute atomic E-state index is 11.5. The SMILES string of the molecule is CN(C)c1ccnc(N2CCC(CN(C)S(C)(=O)=O)CC2)n1. The second kappa shape index (κ2) is 6.78. The largest absolute Gasteiger partial charge is 0.363 e. The van der Waals surface area contributed by atoms with E-state index in [1.807, 2.05) is 25.1 Å². The fourth-order valence-corrected chi connectivity index (χ4v) is 3.04. The van der Waals surface area contributed by atoms with Crippen molar-refractivity contribution in [3.05, 3.63) is 12.3 Å². The van der Waals surface area contributed by atoms with Gasteiger partial charge in [0.25, 0.3) is 0 Å². The molecule has 0 saturated carbocycles. The molecule has 2 heterocycles. The van der Waals surface area contributed by atoms with Crippen molar-refractivity contribution in [1.29, 1.82) is 0 Å². The molecule has 1 aliphatic heterocycles. The van der Waals surface area contributed by atoms with Crippen molar-refractivity contribution in [3.63, 3.8) is 0 Å². The second-order valence-corrected chi connectivity index (χ2v) is 8.17. The highest BCUT2D eigenvalue weighted by molar-refractivity contribution is 7.88. The molecule has 2 rings (SSSR count). The molecule has 1 fully saturated rings. The quantitative estimate of drug-likeness (QED) is 0.791. The lowest BCUT2D eigenvalue weighted by Gasteiger charge is -2.33. The zero-order valence-corrected chi connectivity index (χ0v) is 14.5. The fourth-order valence-electron chi connectivity index (χ4n) is 2.56. The predicted octanol–water partition coefficient (Wildman–Crippen LogP) is 0.650. The molecule has 0 unspecified atom stereocenters. The van der Waals surface area contributed by atoms with Crippen molar-refractivity contribution in [3.8, 4) is 0 Å². The van der Waals surface area contributed by atoms with Crippen LogP contribution in [-0.2, 0) is 10.0 Å². The van der Waals surface area contributed by atoms with Gasteiger partial charge in [0.1, 0.15) is 5.82 Å². The molecule has 1 aromatic rings. The van der Waals surface area contributed by atoms with E-state index in [9.17, 15) is 8.42 Å². The zero-order valence-electron chi connectivity index (χ0n) is 13.7. The van der Waals surface area contributed by atoms with Crippen LogP contribution in [0.5, 0.6) is 0 Å². The van der Waals surface area contributed by atoms with E-state index in [-0.39, 0.29) is 0 Å². The summed E-state index contributed by atoms with van der Waals surface area (Å²) in [5.41, 5.74) is 0. The lowest BCUT2D eigenvalue weighted by molar-refractivity contribution is 0.328. The van der Waals surface area contributed by atoms with Crippen LogP contribution in [-0.4, -0.2) is 69.7 Å². The fraction of sp³-hybridized carbons (Fsp3) is 0.714. The van der Waals surface area contributed by atoms with Gasteiger partial charge >= 0.3 is 0 Å². The monoisotopic (exact) mass is 327 g/mol. The number of sulfonamides is 1. The van der Waals surface area contributed by atoms with Crippen LogP contribution in [0.1, 0.15) is 12.8 Å². The van der Waals surface area contributed by atoms with Gasteiger partial charge in [0.05, 0.1) is 6.26 Å². The van der Waals surface area contributed by atoms with E-state index < -0.39 is 10.0 Å². The van der Waals surface area contributed by atoms with Gasteiger partial charge in [-0.3, -0.25) is 0 Å². The number of hydrogen-bond donors (Lipinski definition) is 0. The molecule has 0 aromatic carbocycles. The average molecular weight is 327 g/mol. The minimum atomic E-state index is -3.09. The van der Waals surface area contributed by atoms with Gasteiger partial charge in [0.2, 0.25) is 16.0 Å². The van der Waals surface area contributed by atoms with Gasteiger partial charge < -0.3 is 9.80 Å². The minimum Gasteiger partial charge on any atom is -0.363 e. The molecular formula is C14H25N5O2S. The van der Waals surface area contributed by atoms with Gasteiger partial charge in [-0.1, -0.05) is 0 Å². The van der Waals surface area contributed by atoms with E-state index in [0.717, 1.165) is 37.7 Å². The Kier molecular flexibility index (Phi) is 5.23. The number of anilines is 2. The van der Waals surface area contributed by atoms with E-state index in [1.54, 1.807) is 13.2 Å². The topological polar surface area (TPSA) is 69.6 Å².